The van der Waals surface area contributed by atoms with Gasteiger partial charge in [-0.1, -0.05) is 24.1 Å². The summed E-state index contributed by atoms with van der Waals surface area (Å²) in [5.41, 5.74) is 2.46. The molecule has 0 saturated heterocycles. The molecule has 1 amide bonds. The van der Waals surface area contributed by atoms with Gasteiger partial charge in [0.2, 0.25) is 0 Å². The average Bonchev–Trinajstić information content (AvgIpc) is 2.66. The largest absolute Gasteiger partial charge is 0.481 e. The first-order valence-corrected chi connectivity index (χ1v) is 8.00. The lowest BCUT2D eigenvalue weighted by molar-refractivity contribution is 0.0951. The summed E-state index contributed by atoms with van der Waals surface area (Å²) >= 11 is 0. The molecule has 25 heavy (non-hydrogen) atoms. The summed E-state index contributed by atoms with van der Waals surface area (Å²) in [6.07, 6.45) is 1.74. The highest BCUT2D eigenvalue weighted by Crippen LogP contribution is 2.15. The van der Waals surface area contributed by atoms with E-state index >= 15 is 0 Å². The van der Waals surface area contributed by atoms with Gasteiger partial charge >= 0.3 is 0 Å². The Hall–Kier alpha value is -3.32. The number of benzene rings is 2. The third kappa shape index (κ3) is 4.36. The maximum atomic E-state index is 12.4. The highest BCUT2D eigenvalue weighted by Gasteiger charge is 2.07. The molecule has 4 nitrogen and oxygen atoms in total. The maximum absolute atomic E-state index is 12.4. The van der Waals surface area contributed by atoms with Crippen molar-refractivity contribution in [2.75, 3.05) is 6.61 Å². The second kappa shape index (κ2) is 7.98. The van der Waals surface area contributed by atoms with E-state index in [2.05, 4.69) is 22.1 Å². The number of hydrogen-bond acceptors (Lipinski definition) is 3. The van der Waals surface area contributed by atoms with Crippen LogP contribution in [0.4, 0.5) is 0 Å². The van der Waals surface area contributed by atoms with Crippen LogP contribution in [0.3, 0.4) is 0 Å². The molecule has 124 valence electrons. The molecule has 0 radical (unpaired) electrons. The minimum atomic E-state index is -0.117. The summed E-state index contributed by atoms with van der Waals surface area (Å²) in [4.78, 5) is 16.6. The van der Waals surface area contributed by atoms with Gasteiger partial charge in [-0.2, -0.15) is 0 Å². The number of ether oxygens (including phenoxy) is 1. The van der Waals surface area contributed by atoms with Crippen LogP contribution in [0, 0.1) is 11.8 Å². The number of nitrogens with zero attached hydrogens (tertiary/aromatic N) is 1. The van der Waals surface area contributed by atoms with Crippen LogP contribution in [0.5, 0.6) is 5.75 Å². The molecule has 0 atom stereocenters. The third-order valence-corrected chi connectivity index (χ3v) is 3.70. The van der Waals surface area contributed by atoms with Gasteiger partial charge in [0.15, 0.2) is 0 Å². The van der Waals surface area contributed by atoms with Crippen molar-refractivity contribution >= 4 is 16.8 Å². The molecule has 0 saturated carbocycles. The summed E-state index contributed by atoms with van der Waals surface area (Å²) in [7, 11) is 0. The Morgan fingerprint density at radius 3 is 2.96 bits per heavy atom. The predicted octanol–water partition coefficient (Wildman–Crippen LogP) is 3.57. The number of amides is 1. The lowest BCUT2D eigenvalue weighted by Crippen LogP contribution is -2.22. The molecule has 0 unspecified atom stereocenters. The van der Waals surface area contributed by atoms with Gasteiger partial charge < -0.3 is 10.1 Å². The number of aromatic nitrogens is 1. The van der Waals surface area contributed by atoms with E-state index in [1.165, 1.54) is 0 Å². The van der Waals surface area contributed by atoms with Crippen molar-refractivity contribution in [3.63, 3.8) is 0 Å². The summed E-state index contributed by atoms with van der Waals surface area (Å²) < 4.78 is 5.53. The summed E-state index contributed by atoms with van der Waals surface area (Å²) in [5, 5.41) is 3.88. The number of fused-ring (bicyclic) bond motifs is 1. The van der Waals surface area contributed by atoms with Crippen molar-refractivity contribution in [3.05, 3.63) is 71.9 Å². The Kier molecular flexibility index (Phi) is 5.28. The fourth-order valence-corrected chi connectivity index (χ4v) is 2.44. The number of rotatable bonds is 5. The summed E-state index contributed by atoms with van der Waals surface area (Å²) in [6.45, 7) is 2.57. The Labute approximate surface area is 146 Å². The quantitative estimate of drug-likeness (QED) is 0.728. The molecule has 0 aliphatic heterocycles. The normalized spacial score (nSPS) is 9.96. The van der Waals surface area contributed by atoms with Gasteiger partial charge in [-0.3, -0.25) is 9.78 Å². The molecule has 3 aromatic rings. The molecule has 1 heterocycles. The van der Waals surface area contributed by atoms with Crippen LogP contribution in [0.2, 0.25) is 0 Å². The van der Waals surface area contributed by atoms with Crippen molar-refractivity contribution in [3.8, 4) is 17.6 Å². The zero-order chi connectivity index (χ0) is 17.5. The van der Waals surface area contributed by atoms with E-state index in [1.807, 2.05) is 48.5 Å². The highest BCUT2D eigenvalue weighted by molar-refractivity contribution is 5.97. The monoisotopic (exact) mass is 330 g/mol. The molecule has 4 heteroatoms. The second-order valence-corrected chi connectivity index (χ2v) is 5.46. The number of carbonyl (C=O) groups excluding carboxylic acids is 1. The Morgan fingerprint density at radius 2 is 2.08 bits per heavy atom. The smallest absolute Gasteiger partial charge is 0.251 e. The molecule has 2 aromatic carbocycles. The summed E-state index contributed by atoms with van der Waals surface area (Å²) in [6, 6.07) is 16.9. The van der Waals surface area contributed by atoms with Crippen LogP contribution in [-0.4, -0.2) is 17.5 Å². The van der Waals surface area contributed by atoms with Gasteiger partial charge in [0.05, 0.1) is 5.52 Å². The molecule has 0 aliphatic carbocycles. The zero-order valence-corrected chi connectivity index (χ0v) is 14.0. The fourth-order valence-electron chi connectivity index (χ4n) is 2.44. The number of nitrogens with one attached hydrogen (secondary N) is 1. The molecule has 0 spiro atoms. The summed E-state index contributed by atoms with van der Waals surface area (Å²) in [5.74, 6) is 6.27. The minimum Gasteiger partial charge on any atom is -0.481 e. The van der Waals surface area contributed by atoms with Crippen LogP contribution >= 0.6 is 0 Å². The van der Waals surface area contributed by atoms with Gasteiger partial charge in [0, 0.05) is 23.7 Å². The molecular formula is C21H18N2O2. The van der Waals surface area contributed by atoms with Crippen LogP contribution in [-0.2, 0) is 6.54 Å². The Balaban J connectivity index is 1.64. The van der Waals surface area contributed by atoms with E-state index < -0.39 is 0 Å². The molecule has 1 N–H and O–H groups in total. The standard InChI is InChI=1S/C21H18N2O2/c1-2-3-12-25-19-8-4-6-16(13-19)15-23-21(24)18-9-10-20-17(14-18)7-5-11-22-20/h4-11,13-14H,12,15H2,1H3,(H,23,24). The first kappa shape index (κ1) is 16.5. The Morgan fingerprint density at radius 1 is 1.16 bits per heavy atom. The van der Waals surface area contributed by atoms with Crippen LogP contribution in [0.25, 0.3) is 10.9 Å². The predicted molar refractivity (Wildman–Crippen MR) is 98.3 cm³/mol. The molecule has 0 aliphatic rings. The number of carbonyl (C=O) groups is 1. The fraction of sp³-hybridized carbons (Fsp3) is 0.143. The topological polar surface area (TPSA) is 51.2 Å². The molecular weight excluding hydrogens is 312 g/mol. The van der Waals surface area contributed by atoms with Crippen LogP contribution < -0.4 is 10.1 Å². The minimum absolute atomic E-state index is 0.117. The van der Waals surface area contributed by atoms with Crippen molar-refractivity contribution in [2.24, 2.45) is 0 Å². The molecule has 0 fully saturated rings. The first-order chi connectivity index (χ1) is 12.3. The Bertz CT molecular complexity index is 955. The number of pyridine rings is 1. The van der Waals surface area contributed by atoms with E-state index in [1.54, 1.807) is 19.2 Å². The highest BCUT2D eigenvalue weighted by atomic mass is 16.5. The van der Waals surface area contributed by atoms with E-state index in [0.717, 1.165) is 22.2 Å². The third-order valence-electron chi connectivity index (χ3n) is 3.70. The SMILES string of the molecule is CC#CCOc1cccc(CNC(=O)c2ccc3ncccc3c2)c1. The van der Waals surface area contributed by atoms with Crippen LogP contribution in [0.1, 0.15) is 22.8 Å². The van der Waals surface area contributed by atoms with E-state index in [4.69, 9.17) is 4.74 Å². The molecule has 3 rings (SSSR count). The van der Waals surface area contributed by atoms with Gasteiger partial charge in [0.25, 0.3) is 5.91 Å². The number of hydrogen-bond donors (Lipinski definition) is 1. The van der Waals surface area contributed by atoms with Crippen LogP contribution in [0.15, 0.2) is 60.8 Å². The van der Waals surface area contributed by atoms with Gasteiger partial charge in [0.1, 0.15) is 12.4 Å². The van der Waals surface area contributed by atoms with Crippen molar-refractivity contribution < 1.29 is 9.53 Å². The van der Waals surface area contributed by atoms with Gasteiger partial charge in [-0.05, 0) is 48.9 Å². The molecule has 1 aromatic heterocycles. The van der Waals surface area contributed by atoms with E-state index in [9.17, 15) is 4.79 Å². The van der Waals surface area contributed by atoms with Gasteiger partial charge in [-0.15, -0.1) is 5.92 Å². The first-order valence-electron chi connectivity index (χ1n) is 8.00. The van der Waals surface area contributed by atoms with Crippen molar-refractivity contribution in [1.82, 2.24) is 10.3 Å². The van der Waals surface area contributed by atoms with Crippen molar-refractivity contribution in [1.29, 1.82) is 0 Å². The van der Waals surface area contributed by atoms with E-state index in [0.29, 0.717) is 18.7 Å². The lowest BCUT2D eigenvalue weighted by Gasteiger charge is -2.08. The zero-order valence-electron chi connectivity index (χ0n) is 14.0. The average molecular weight is 330 g/mol. The lowest BCUT2D eigenvalue weighted by atomic mass is 10.1. The second-order valence-electron chi connectivity index (χ2n) is 5.46. The maximum Gasteiger partial charge on any atom is 0.251 e. The van der Waals surface area contributed by atoms with Gasteiger partial charge in [-0.25, -0.2) is 0 Å². The van der Waals surface area contributed by atoms with E-state index in [-0.39, 0.29) is 5.91 Å². The molecule has 0 bridgehead atoms. The van der Waals surface area contributed by atoms with Crippen molar-refractivity contribution in [2.45, 2.75) is 13.5 Å².